The van der Waals surface area contributed by atoms with Crippen LogP contribution < -0.4 is 0 Å². The van der Waals surface area contributed by atoms with Crippen LogP contribution in [0, 0.1) is 11.3 Å². The first-order valence-corrected chi connectivity index (χ1v) is 6.66. The molecule has 0 saturated heterocycles. The number of rotatable bonds is 5. The predicted molar refractivity (Wildman–Crippen MR) is 69.2 cm³/mol. The molecule has 0 aliphatic heterocycles. The molecule has 0 bridgehead atoms. The van der Waals surface area contributed by atoms with Gasteiger partial charge in [0.15, 0.2) is 5.41 Å². The third-order valence-electron chi connectivity index (χ3n) is 3.59. The van der Waals surface area contributed by atoms with E-state index in [1.165, 1.54) is 0 Å². The molecule has 19 heavy (non-hydrogen) atoms. The van der Waals surface area contributed by atoms with Gasteiger partial charge in [0.2, 0.25) is 0 Å². The second-order valence-electron chi connectivity index (χ2n) is 4.73. The van der Waals surface area contributed by atoms with Crippen molar-refractivity contribution in [2.24, 2.45) is 11.3 Å². The summed E-state index contributed by atoms with van der Waals surface area (Å²) < 4.78 is 9.99. The Morgan fingerprint density at radius 2 is 1.84 bits per heavy atom. The van der Waals surface area contributed by atoms with Gasteiger partial charge in [0.25, 0.3) is 0 Å². The summed E-state index contributed by atoms with van der Waals surface area (Å²) in [5, 5.41) is 10.1. The molecule has 1 fully saturated rings. The van der Waals surface area contributed by atoms with E-state index in [1.807, 2.05) is 0 Å². The summed E-state index contributed by atoms with van der Waals surface area (Å²) in [7, 11) is 0. The molecule has 5 nitrogen and oxygen atoms in total. The van der Waals surface area contributed by atoms with E-state index in [4.69, 9.17) is 9.47 Å². The Labute approximate surface area is 113 Å². The molecule has 0 radical (unpaired) electrons. The summed E-state index contributed by atoms with van der Waals surface area (Å²) in [4.78, 5) is 24.2. The number of aliphatic hydroxyl groups is 1. The van der Waals surface area contributed by atoms with Gasteiger partial charge in [-0.1, -0.05) is 6.08 Å². The van der Waals surface area contributed by atoms with Crippen LogP contribution in [0.5, 0.6) is 0 Å². The van der Waals surface area contributed by atoms with Crippen LogP contribution in [0.1, 0.15) is 33.1 Å². The maximum absolute atomic E-state index is 12.1. The number of carbonyl (C=O) groups is 2. The molecule has 1 aliphatic carbocycles. The van der Waals surface area contributed by atoms with Crippen molar-refractivity contribution >= 4 is 11.9 Å². The van der Waals surface area contributed by atoms with Gasteiger partial charge in [-0.25, -0.2) is 0 Å². The summed E-state index contributed by atoms with van der Waals surface area (Å²) >= 11 is 0. The van der Waals surface area contributed by atoms with Gasteiger partial charge in [-0.05, 0) is 26.7 Å². The average molecular weight is 270 g/mol. The van der Waals surface area contributed by atoms with Gasteiger partial charge in [0.05, 0.1) is 19.3 Å². The lowest BCUT2D eigenvalue weighted by Gasteiger charge is -2.38. The highest BCUT2D eigenvalue weighted by atomic mass is 16.6. The highest BCUT2D eigenvalue weighted by molar-refractivity contribution is 6.00. The minimum Gasteiger partial charge on any atom is -0.465 e. The number of esters is 2. The number of hydrogen-bond acceptors (Lipinski definition) is 5. The van der Waals surface area contributed by atoms with Crippen molar-refractivity contribution in [3.8, 4) is 0 Å². The Bertz CT molecular complexity index is 332. The first-order chi connectivity index (χ1) is 9.01. The van der Waals surface area contributed by atoms with Crippen LogP contribution in [0.2, 0.25) is 0 Å². The predicted octanol–water partition coefficient (Wildman–Crippen LogP) is 1.45. The van der Waals surface area contributed by atoms with E-state index >= 15 is 0 Å². The second kappa shape index (κ2) is 6.70. The van der Waals surface area contributed by atoms with E-state index in [-0.39, 0.29) is 25.6 Å². The zero-order chi connectivity index (χ0) is 14.5. The summed E-state index contributed by atoms with van der Waals surface area (Å²) in [5.74, 6) is -1.30. The third kappa shape index (κ3) is 3.15. The lowest BCUT2D eigenvalue weighted by atomic mass is 9.69. The van der Waals surface area contributed by atoms with E-state index in [1.54, 1.807) is 19.9 Å². The minimum absolute atomic E-state index is 0.0291. The highest BCUT2D eigenvalue weighted by Gasteiger charge is 2.53. The summed E-state index contributed by atoms with van der Waals surface area (Å²) in [6.07, 6.45) is 1.74. The van der Waals surface area contributed by atoms with Gasteiger partial charge < -0.3 is 14.6 Å². The largest absolute Gasteiger partial charge is 0.465 e. The Morgan fingerprint density at radius 1 is 1.32 bits per heavy atom. The van der Waals surface area contributed by atoms with Crippen LogP contribution in [0.3, 0.4) is 0 Å². The van der Waals surface area contributed by atoms with Crippen LogP contribution in [-0.2, 0) is 19.1 Å². The quantitative estimate of drug-likeness (QED) is 0.465. The molecule has 1 N–H and O–H groups in total. The normalized spacial score (nSPS) is 25.4. The lowest BCUT2D eigenvalue weighted by Crippen LogP contribution is -2.49. The van der Waals surface area contributed by atoms with Crippen LogP contribution in [0.4, 0.5) is 0 Å². The molecule has 5 heteroatoms. The fraction of sp³-hybridized carbons (Fsp3) is 0.714. The zero-order valence-electron chi connectivity index (χ0n) is 11.6. The lowest BCUT2D eigenvalue weighted by molar-refractivity contribution is -0.178. The Morgan fingerprint density at radius 3 is 2.21 bits per heavy atom. The SMILES string of the molecule is C=C[C@H]1CCC(C(=O)OCC)(C(=O)OCC)C[C@H]1O. The maximum Gasteiger partial charge on any atom is 0.323 e. The Kier molecular flexibility index (Phi) is 5.54. The highest BCUT2D eigenvalue weighted by Crippen LogP contribution is 2.41. The molecular formula is C14H22O5. The fourth-order valence-electron chi connectivity index (χ4n) is 2.48. The summed E-state index contributed by atoms with van der Waals surface area (Å²) in [6.45, 7) is 7.41. The Hall–Kier alpha value is -1.36. The van der Waals surface area contributed by atoms with Crippen molar-refractivity contribution in [1.29, 1.82) is 0 Å². The second-order valence-corrected chi connectivity index (χ2v) is 4.73. The Balaban J connectivity index is 2.97. The molecule has 0 heterocycles. The third-order valence-corrected chi connectivity index (χ3v) is 3.59. The van der Waals surface area contributed by atoms with E-state index in [9.17, 15) is 14.7 Å². The van der Waals surface area contributed by atoms with Crippen molar-refractivity contribution in [3.05, 3.63) is 12.7 Å². The minimum atomic E-state index is -1.37. The molecule has 0 spiro atoms. The van der Waals surface area contributed by atoms with Crippen LogP contribution in [0.25, 0.3) is 0 Å². The molecule has 0 aromatic carbocycles. The summed E-state index contributed by atoms with van der Waals surface area (Å²) in [6, 6.07) is 0. The van der Waals surface area contributed by atoms with Crippen LogP contribution >= 0.6 is 0 Å². The van der Waals surface area contributed by atoms with Gasteiger partial charge in [-0.2, -0.15) is 0 Å². The number of aliphatic hydroxyl groups excluding tert-OH is 1. The topological polar surface area (TPSA) is 72.8 Å². The average Bonchev–Trinajstić information content (AvgIpc) is 2.39. The number of carbonyl (C=O) groups excluding carboxylic acids is 2. The molecule has 108 valence electrons. The standard InChI is InChI=1S/C14H22O5/c1-4-10-7-8-14(9-11(10)15,12(16)18-5-2)13(17)19-6-3/h4,10-11,15H,1,5-9H2,2-3H3/t10-,11+/m0/s1. The van der Waals surface area contributed by atoms with Gasteiger partial charge in [0, 0.05) is 12.3 Å². The van der Waals surface area contributed by atoms with Gasteiger partial charge in [-0.15, -0.1) is 6.58 Å². The van der Waals surface area contributed by atoms with E-state index in [0.29, 0.717) is 12.8 Å². The molecule has 2 atom stereocenters. The van der Waals surface area contributed by atoms with E-state index < -0.39 is 23.5 Å². The smallest absolute Gasteiger partial charge is 0.323 e. The molecule has 0 aromatic rings. The molecule has 1 rings (SSSR count). The first kappa shape index (κ1) is 15.7. The summed E-state index contributed by atoms with van der Waals surface area (Å²) in [5.41, 5.74) is -1.37. The van der Waals surface area contributed by atoms with Gasteiger partial charge in [0.1, 0.15) is 0 Å². The van der Waals surface area contributed by atoms with Crippen LogP contribution in [-0.4, -0.2) is 36.4 Å². The molecule has 1 aliphatic rings. The van der Waals surface area contributed by atoms with Crippen molar-refractivity contribution in [1.82, 2.24) is 0 Å². The van der Waals surface area contributed by atoms with Crippen molar-refractivity contribution < 1.29 is 24.2 Å². The van der Waals surface area contributed by atoms with Gasteiger partial charge in [-0.3, -0.25) is 9.59 Å². The monoisotopic (exact) mass is 270 g/mol. The number of hydrogen-bond donors (Lipinski definition) is 1. The molecule has 1 saturated carbocycles. The van der Waals surface area contributed by atoms with Crippen LogP contribution in [0.15, 0.2) is 12.7 Å². The van der Waals surface area contributed by atoms with Crippen molar-refractivity contribution in [2.45, 2.75) is 39.2 Å². The molecular weight excluding hydrogens is 248 g/mol. The fourth-order valence-corrected chi connectivity index (χ4v) is 2.48. The molecule has 0 unspecified atom stereocenters. The molecule has 0 amide bonds. The van der Waals surface area contributed by atoms with E-state index in [0.717, 1.165) is 0 Å². The zero-order valence-corrected chi connectivity index (χ0v) is 11.6. The molecule has 0 aromatic heterocycles. The van der Waals surface area contributed by atoms with Crippen molar-refractivity contribution in [3.63, 3.8) is 0 Å². The maximum atomic E-state index is 12.1. The van der Waals surface area contributed by atoms with Crippen molar-refractivity contribution in [2.75, 3.05) is 13.2 Å². The van der Waals surface area contributed by atoms with E-state index in [2.05, 4.69) is 6.58 Å². The van der Waals surface area contributed by atoms with Gasteiger partial charge >= 0.3 is 11.9 Å². The first-order valence-electron chi connectivity index (χ1n) is 6.66. The number of ether oxygens (including phenoxy) is 2.